The van der Waals surface area contributed by atoms with E-state index < -0.39 is 23.6 Å². The Kier molecular flexibility index (Phi) is 4.18. The fourth-order valence-electron chi connectivity index (χ4n) is 2.34. The molecule has 0 saturated carbocycles. The Morgan fingerprint density at radius 1 is 1.29 bits per heavy atom. The van der Waals surface area contributed by atoms with E-state index in [9.17, 15) is 9.59 Å². The molecule has 1 heterocycles. The Morgan fingerprint density at radius 3 is 2.48 bits per heavy atom. The van der Waals surface area contributed by atoms with Crippen LogP contribution in [0.1, 0.15) is 31.9 Å². The number of nitrogens with zero attached hydrogens (tertiary/aromatic N) is 1. The molecule has 6 heteroatoms. The van der Waals surface area contributed by atoms with Gasteiger partial charge in [-0.05, 0) is 31.9 Å². The van der Waals surface area contributed by atoms with E-state index in [1.807, 2.05) is 24.3 Å². The summed E-state index contributed by atoms with van der Waals surface area (Å²) in [6.45, 7) is 5.58. The van der Waals surface area contributed by atoms with Crippen LogP contribution in [0.25, 0.3) is 0 Å². The average molecular weight is 292 g/mol. The van der Waals surface area contributed by atoms with Crippen molar-refractivity contribution in [3.63, 3.8) is 0 Å². The topological polar surface area (TPSA) is 78.9 Å². The van der Waals surface area contributed by atoms with Crippen molar-refractivity contribution in [2.75, 3.05) is 0 Å². The quantitative estimate of drug-likeness (QED) is 0.611. The maximum Gasteiger partial charge on any atom is 0.411 e. The first-order chi connectivity index (χ1) is 9.81. The zero-order valence-corrected chi connectivity index (χ0v) is 12.4. The summed E-state index contributed by atoms with van der Waals surface area (Å²) in [4.78, 5) is 25.5. The average Bonchev–Trinajstić information content (AvgIpc) is 2.43. The van der Waals surface area contributed by atoms with Crippen molar-refractivity contribution in [1.29, 1.82) is 0 Å². The van der Waals surface area contributed by atoms with Crippen molar-refractivity contribution >= 4 is 12.0 Å². The van der Waals surface area contributed by atoms with Crippen LogP contribution in [0.3, 0.4) is 0 Å². The minimum absolute atomic E-state index is 0.281. The molecule has 2 rings (SSSR count). The maximum absolute atomic E-state index is 12.3. The second-order valence-corrected chi connectivity index (χ2v) is 6.07. The predicted molar refractivity (Wildman–Crippen MR) is 75.6 cm³/mol. The molecule has 0 aliphatic carbocycles. The molecular weight excluding hydrogens is 272 g/mol. The standard InChI is InChI=1S/C15H20N2O4/c1-15(2,3)21-14(19)17-9-11-7-5-4-6-10(11)8-12(17)13(18)16-20/h4-7,12,20H,8-9H2,1-3H3,(H,16,18)/t12-/m1/s1. The summed E-state index contributed by atoms with van der Waals surface area (Å²) in [7, 11) is 0. The van der Waals surface area contributed by atoms with Crippen LogP contribution in [0, 0.1) is 0 Å². The number of nitrogens with one attached hydrogen (secondary N) is 1. The molecule has 1 aromatic carbocycles. The molecule has 0 unspecified atom stereocenters. The molecule has 0 aromatic heterocycles. The molecule has 6 nitrogen and oxygen atoms in total. The molecule has 1 aromatic rings. The van der Waals surface area contributed by atoms with Crippen molar-refractivity contribution < 1.29 is 19.5 Å². The van der Waals surface area contributed by atoms with Crippen LogP contribution >= 0.6 is 0 Å². The Hall–Kier alpha value is -2.08. The van der Waals surface area contributed by atoms with Crippen LogP contribution in [0.2, 0.25) is 0 Å². The second-order valence-electron chi connectivity index (χ2n) is 6.07. The van der Waals surface area contributed by atoms with Gasteiger partial charge < -0.3 is 4.74 Å². The normalized spacial score (nSPS) is 17.9. The summed E-state index contributed by atoms with van der Waals surface area (Å²) in [5.41, 5.74) is 2.95. The molecular formula is C15H20N2O4. The summed E-state index contributed by atoms with van der Waals surface area (Å²) in [5, 5.41) is 8.89. The lowest BCUT2D eigenvalue weighted by Crippen LogP contribution is -2.53. The molecule has 21 heavy (non-hydrogen) atoms. The molecule has 2 N–H and O–H groups in total. The van der Waals surface area contributed by atoms with Crippen LogP contribution < -0.4 is 5.48 Å². The minimum atomic E-state index is -0.778. The lowest BCUT2D eigenvalue weighted by molar-refractivity contribution is -0.135. The third-order valence-electron chi connectivity index (χ3n) is 3.29. The van der Waals surface area contributed by atoms with Gasteiger partial charge in [0.15, 0.2) is 0 Å². The zero-order chi connectivity index (χ0) is 15.6. The molecule has 0 saturated heterocycles. The van der Waals surface area contributed by atoms with E-state index in [4.69, 9.17) is 9.94 Å². The van der Waals surface area contributed by atoms with Gasteiger partial charge in [0.25, 0.3) is 5.91 Å². The Balaban J connectivity index is 2.28. The van der Waals surface area contributed by atoms with Gasteiger partial charge in [-0.2, -0.15) is 0 Å². The summed E-state index contributed by atoms with van der Waals surface area (Å²) < 4.78 is 5.34. The van der Waals surface area contributed by atoms with Gasteiger partial charge in [-0.15, -0.1) is 0 Å². The number of amides is 2. The van der Waals surface area contributed by atoms with Crippen molar-refractivity contribution in [3.8, 4) is 0 Å². The van der Waals surface area contributed by atoms with Gasteiger partial charge in [-0.3, -0.25) is 14.9 Å². The monoisotopic (exact) mass is 292 g/mol. The van der Waals surface area contributed by atoms with Crippen molar-refractivity contribution in [1.82, 2.24) is 10.4 Å². The summed E-state index contributed by atoms with van der Waals surface area (Å²) in [5.74, 6) is -0.615. The smallest absolute Gasteiger partial charge is 0.411 e. The first-order valence-electron chi connectivity index (χ1n) is 6.82. The van der Waals surface area contributed by atoms with E-state index in [1.165, 1.54) is 4.90 Å². The van der Waals surface area contributed by atoms with Crippen LogP contribution in [0.4, 0.5) is 4.79 Å². The fourth-order valence-corrected chi connectivity index (χ4v) is 2.34. The van der Waals surface area contributed by atoms with Crippen LogP contribution in [0.15, 0.2) is 24.3 Å². The van der Waals surface area contributed by atoms with Crippen molar-refractivity contribution in [3.05, 3.63) is 35.4 Å². The Bertz CT molecular complexity index is 551. The largest absolute Gasteiger partial charge is 0.444 e. The molecule has 0 radical (unpaired) electrons. The summed E-state index contributed by atoms with van der Waals surface area (Å²) >= 11 is 0. The van der Waals surface area contributed by atoms with E-state index in [0.717, 1.165) is 11.1 Å². The maximum atomic E-state index is 12.3. The highest BCUT2D eigenvalue weighted by Crippen LogP contribution is 2.25. The highest BCUT2D eigenvalue weighted by Gasteiger charge is 2.36. The number of fused-ring (bicyclic) bond motifs is 1. The number of carbonyl (C=O) groups excluding carboxylic acids is 2. The molecule has 0 fully saturated rings. The molecule has 1 aliphatic rings. The van der Waals surface area contributed by atoms with Crippen LogP contribution in [-0.2, 0) is 22.5 Å². The molecule has 0 bridgehead atoms. The van der Waals surface area contributed by atoms with Crippen LogP contribution in [-0.4, -0.2) is 33.8 Å². The molecule has 2 amide bonds. The van der Waals surface area contributed by atoms with Gasteiger partial charge >= 0.3 is 6.09 Å². The number of hydrogen-bond donors (Lipinski definition) is 2. The number of carbonyl (C=O) groups is 2. The SMILES string of the molecule is CC(C)(C)OC(=O)N1Cc2ccccc2C[C@@H]1C(=O)NO. The number of hydroxylamine groups is 1. The number of benzene rings is 1. The van der Waals surface area contributed by atoms with Gasteiger partial charge in [0.1, 0.15) is 11.6 Å². The van der Waals surface area contributed by atoms with Crippen molar-refractivity contribution in [2.45, 2.75) is 45.4 Å². The second kappa shape index (κ2) is 5.73. The van der Waals surface area contributed by atoms with E-state index in [2.05, 4.69) is 0 Å². The van der Waals surface area contributed by atoms with Gasteiger partial charge in [0, 0.05) is 6.42 Å². The third kappa shape index (κ3) is 3.52. The van der Waals surface area contributed by atoms with Gasteiger partial charge in [0.05, 0.1) is 6.54 Å². The molecule has 114 valence electrons. The molecule has 1 atom stereocenters. The number of rotatable bonds is 1. The zero-order valence-electron chi connectivity index (χ0n) is 12.4. The number of hydrogen-bond acceptors (Lipinski definition) is 4. The van der Waals surface area contributed by atoms with E-state index in [0.29, 0.717) is 6.42 Å². The lowest BCUT2D eigenvalue weighted by Gasteiger charge is -2.36. The van der Waals surface area contributed by atoms with Gasteiger partial charge in [0.2, 0.25) is 0 Å². The predicted octanol–water partition coefficient (Wildman–Crippen LogP) is 1.85. The minimum Gasteiger partial charge on any atom is -0.444 e. The van der Waals surface area contributed by atoms with Gasteiger partial charge in [-0.1, -0.05) is 24.3 Å². The summed E-state index contributed by atoms with van der Waals surface area (Å²) in [6.07, 6.45) is -0.215. The first kappa shape index (κ1) is 15.3. The van der Waals surface area contributed by atoms with E-state index in [-0.39, 0.29) is 6.54 Å². The van der Waals surface area contributed by atoms with Crippen molar-refractivity contribution in [2.24, 2.45) is 0 Å². The molecule has 0 spiro atoms. The molecule has 1 aliphatic heterocycles. The summed E-state index contributed by atoms with van der Waals surface area (Å²) in [6, 6.07) is 6.83. The van der Waals surface area contributed by atoms with E-state index >= 15 is 0 Å². The van der Waals surface area contributed by atoms with Crippen LogP contribution in [0.5, 0.6) is 0 Å². The highest BCUT2D eigenvalue weighted by atomic mass is 16.6. The first-order valence-corrected chi connectivity index (χ1v) is 6.82. The lowest BCUT2D eigenvalue weighted by atomic mass is 9.94. The Labute approximate surface area is 123 Å². The number of ether oxygens (including phenoxy) is 1. The highest BCUT2D eigenvalue weighted by molar-refractivity contribution is 5.85. The fraction of sp³-hybridized carbons (Fsp3) is 0.467. The van der Waals surface area contributed by atoms with Gasteiger partial charge in [-0.25, -0.2) is 10.3 Å². The third-order valence-corrected chi connectivity index (χ3v) is 3.29. The Morgan fingerprint density at radius 2 is 1.90 bits per heavy atom. The van der Waals surface area contributed by atoms with E-state index in [1.54, 1.807) is 26.3 Å².